The van der Waals surface area contributed by atoms with Crippen LogP contribution in [0.15, 0.2) is 29.2 Å². The molecule has 0 radical (unpaired) electrons. The smallest absolute Gasteiger partial charge is 0.303 e. The SMILES string of the molecule is NS(=O)(=O)c1ccc(NP2(=O)NCCCO2)cc1. The number of benzene rings is 1. The van der Waals surface area contributed by atoms with Gasteiger partial charge in [-0.1, -0.05) is 0 Å². The summed E-state index contributed by atoms with van der Waals surface area (Å²) in [6, 6.07) is 5.65. The molecule has 2 rings (SSSR count). The Kier molecular flexibility index (Phi) is 3.74. The first kappa shape index (κ1) is 13.5. The van der Waals surface area contributed by atoms with Crippen LogP contribution in [0.1, 0.15) is 6.42 Å². The van der Waals surface area contributed by atoms with E-state index in [4.69, 9.17) is 9.66 Å². The number of rotatable bonds is 3. The molecule has 18 heavy (non-hydrogen) atoms. The van der Waals surface area contributed by atoms with Crippen molar-refractivity contribution in [2.45, 2.75) is 11.3 Å². The van der Waals surface area contributed by atoms with E-state index in [0.717, 1.165) is 6.42 Å². The summed E-state index contributed by atoms with van der Waals surface area (Å²) in [5.41, 5.74) is 0.500. The molecule has 0 saturated carbocycles. The second kappa shape index (κ2) is 4.99. The average molecular weight is 291 g/mol. The summed E-state index contributed by atoms with van der Waals surface area (Å²) in [6.07, 6.45) is 0.802. The number of anilines is 1. The lowest BCUT2D eigenvalue weighted by Gasteiger charge is -2.25. The molecule has 1 heterocycles. The Balaban J connectivity index is 2.13. The second-order valence-electron chi connectivity index (χ2n) is 3.83. The molecular weight excluding hydrogens is 277 g/mol. The fraction of sp³-hybridized carbons (Fsp3) is 0.333. The Morgan fingerprint density at radius 2 is 2.00 bits per heavy atom. The highest BCUT2D eigenvalue weighted by Crippen LogP contribution is 2.44. The molecule has 9 heteroatoms. The van der Waals surface area contributed by atoms with Crippen molar-refractivity contribution >= 4 is 23.4 Å². The summed E-state index contributed by atoms with van der Waals surface area (Å²) in [5, 5.41) is 10.5. The van der Waals surface area contributed by atoms with Crippen LogP contribution in [0.3, 0.4) is 0 Å². The summed E-state index contributed by atoms with van der Waals surface area (Å²) in [7, 11) is -6.78. The van der Waals surface area contributed by atoms with Gasteiger partial charge >= 0.3 is 7.67 Å². The Labute approximate surface area is 105 Å². The molecule has 0 spiro atoms. The van der Waals surface area contributed by atoms with Gasteiger partial charge in [0.1, 0.15) is 0 Å². The topological polar surface area (TPSA) is 111 Å². The van der Waals surface area contributed by atoms with E-state index in [1.807, 2.05) is 0 Å². The molecule has 1 saturated heterocycles. The molecule has 0 bridgehead atoms. The van der Waals surface area contributed by atoms with E-state index in [1.54, 1.807) is 0 Å². The van der Waals surface area contributed by atoms with Crippen LogP contribution in [0.2, 0.25) is 0 Å². The van der Waals surface area contributed by atoms with E-state index in [0.29, 0.717) is 18.8 Å². The molecule has 7 nitrogen and oxygen atoms in total. The Morgan fingerprint density at radius 3 is 2.50 bits per heavy atom. The minimum absolute atomic E-state index is 0.00357. The van der Waals surface area contributed by atoms with Gasteiger partial charge in [0, 0.05) is 12.2 Å². The lowest BCUT2D eigenvalue weighted by molar-refractivity contribution is 0.281. The van der Waals surface area contributed by atoms with Gasteiger partial charge in [-0.25, -0.2) is 23.2 Å². The van der Waals surface area contributed by atoms with E-state index in [9.17, 15) is 13.0 Å². The fourth-order valence-electron chi connectivity index (χ4n) is 1.50. The third-order valence-corrected chi connectivity index (χ3v) is 5.04. The van der Waals surface area contributed by atoms with Crippen molar-refractivity contribution in [3.05, 3.63) is 24.3 Å². The average Bonchev–Trinajstić information content (AvgIpc) is 2.29. The minimum Gasteiger partial charge on any atom is -0.303 e. The number of hydrogen-bond acceptors (Lipinski definition) is 4. The van der Waals surface area contributed by atoms with Crippen molar-refractivity contribution < 1.29 is 17.5 Å². The van der Waals surface area contributed by atoms with Crippen molar-refractivity contribution in [1.29, 1.82) is 0 Å². The lowest BCUT2D eigenvalue weighted by Crippen LogP contribution is -2.25. The minimum atomic E-state index is -3.71. The number of sulfonamides is 1. The van der Waals surface area contributed by atoms with E-state index < -0.39 is 17.7 Å². The monoisotopic (exact) mass is 291 g/mol. The standard InChI is InChI=1S/C9H14N3O4PS/c10-18(14,15)9-4-2-8(3-5-9)12-17(13)11-6-1-7-16-17/h2-5H,1,6-7H2,(H2,10,14,15)(H2,11,12,13). The summed E-state index contributed by atoms with van der Waals surface area (Å²) >= 11 is 0. The van der Waals surface area contributed by atoms with Crippen LogP contribution in [0.4, 0.5) is 5.69 Å². The quantitative estimate of drug-likeness (QED) is 0.712. The maximum atomic E-state index is 12.1. The van der Waals surface area contributed by atoms with Gasteiger partial charge in [0.2, 0.25) is 10.0 Å². The van der Waals surface area contributed by atoms with Crippen LogP contribution in [0.5, 0.6) is 0 Å². The Bertz CT molecular complexity index is 562. The maximum absolute atomic E-state index is 12.1. The van der Waals surface area contributed by atoms with Crippen LogP contribution < -0.4 is 15.3 Å². The molecule has 1 atom stereocenters. The first-order valence-corrected chi connectivity index (χ1v) is 8.47. The third-order valence-electron chi connectivity index (χ3n) is 2.37. The lowest BCUT2D eigenvalue weighted by atomic mass is 10.3. The maximum Gasteiger partial charge on any atom is 0.365 e. The largest absolute Gasteiger partial charge is 0.365 e. The molecule has 1 aromatic rings. The first-order valence-electron chi connectivity index (χ1n) is 5.30. The molecule has 1 unspecified atom stereocenters. The van der Waals surface area contributed by atoms with Crippen molar-refractivity contribution in [3.63, 3.8) is 0 Å². The van der Waals surface area contributed by atoms with Gasteiger partial charge in [0.15, 0.2) is 0 Å². The summed E-state index contributed by atoms with van der Waals surface area (Å²) < 4.78 is 39.4. The van der Waals surface area contributed by atoms with Gasteiger partial charge in [-0.2, -0.15) is 0 Å². The van der Waals surface area contributed by atoms with Gasteiger partial charge in [0.25, 0.3) is 0 Å². The number of hydrogen-bond donors (Lipinski definition) is 3. The molecule has 4 N–H and O–H groups in total. The highest BCUT2D eigenvalue weighted by Gasteiger charge is 2.25. The molecule has 1 fully saturated rings. The zero-order valence-electron chi connectivity index (χ0n) is 9.50. The number of nitrogens with one attached hydrogen (secondary N) is 2. The van der Waals surface area contributed by atoms with Gasteiger partial charge in [0.05, 0.1) is 11.5 Å². The highest BCUT2D eigenvalue weighted by atomic mass is 32.2. The van der Waals surface area contributed by atoms with Crippen LogP contribution in [0, 0.1) is 0 Å². The predicted molar refractivity (Wildman–Crippen MR) is 67.6 cm³/mol. The van der Waals surface area contributed by atoms with Gasteiger partial charge < -0.3 is 9.61 Å². The zero-order chi connectivity index (χ0) is 13.2. The van der Waals surface area contributed by atoms with E-state index >= 15 is 0 Å². The summed E-state index contributed by atoms with van der Waals surface area (Å²) in [4.78, 5) is 0.00357. The third kappa shape index (κ3) is 3.30. The highest BCUT2D eigenvalue weighted by molar-refractivity contribution is 7.89. The Hall–Kier alpha value is -0.920. The van der Waals surface area contributed by atoms with Gasteiger partial charge in [-0.15, -0.1) is 0 Å². The molecule has 0 amide bonds. The molecule has 0 aromatic heterocycles. The summed E-state index contributed by atoms with van der Waals surface area (Å²) in [6.45, 7) is 1.03. The van der Waals surface area contributed by atoms with Crippen molar-refractivity contribution in [3.8, 4) is 0 Å². The number of primary sulfonamides is 1. The first-order chi connectivity index (χ1) is 8.39. The zero-order valence-corrected chi connectivity index (χ0v) is 11.2. The number of nitrogens with two attached hydrogens (primary N) is 1. The van der Waals surface area contributed by atoms with Gasteiger partial charge in [-0.3, -0.25) is 0 Å². The van der Waals surface area contributed by atoms with E-state index in [1.165, 1.54) is 24.3 Å². The van der Waals surface area contributed by atoms with Crippen molar-refractivity contribution in [2.75, 3.05) is 18.2 Å². The predicted octanol–water partition coefficient (Wildman–Crippen LogP) is 0.864. The Morgan fingerprint density at radius 1 is 1.33 bits per heavy atom. The van der Waals surface area contributed by atoms with Crippen LogP contribution in [-0.2, 0) is 19.1 Å². The molecule has 0 aliphatic carbocycles. The van der Waals surface area contributed by atoms with E-state index in [-0.39, 0.29) is 4.90 Å². The molecule has 100 valence electrons. The normalized spacial score (nSPS) is 24.7. The summed E-state index contributed by atoms with van der Waals surface area (Å²) in [5.74, 6) is 0. The second-order valence-corrected chi connectivity index (χ2v) is 7.29. The molecule has 1 aliphatic heterocycles. The van der Waals surface area contributed by atoms with Crippen LogP contribution in [0.25, 0.3) is 0 Å². The van der Waals surface area contributed by atoms with E-state index in [2.05, 4.69) is 10.2 Å². The van der Waals surface area contributed by atoms with Crippen molar-refractivity contribution in [2.24, 2.45) is 5.14 Å². The molecular formula is C9H14N3O4PS. The van der Waals surface area contributed by atoms with Gasteiger partial charge in [-0.05, 0) is 30.7 Å². The molecule has 1 aliphatic rings. The van der Waals surface area contributed by atoms with Crippen molar-refractivity contribution in [1.82, 2.24) is 5.09 Å². The van der Waals surface area contributed by atoms with Crippen LogP contribution >= 0.6 is 7.67 Å². The molecule has 1 aromatic carbocycles. The van der Waals surface area contributed by atoms with Crippen LogP contribution in [-0.4, -0.2) is 21.6 Å². The fourth-order valence-corrected chi connectivity index (χ4v) is 3.58.